The molecule has 0 bridgehead atoms. The number of benzene rings is 1. The molecule has 0 saturated heterocycles. The summed E-state index contributed by atoms with van der Waals surface area (Å²) in [6.45, 7) is 10.5. The SMILES string of the molecule is CCCOc1ccc(NC(=O)CC(C)C)cc1-c1nc(CC)c(CC)c(=O)[nH]1. The Morgan fingerprint density at radius 1 is 1.21 bits per heavy atom. The highest BCUT2D eigenvalue weighted by Gasteiger charge is 2.15. The summed E-state index contributed by atoms with van der Waals surface area (Å²) in [6.07, 6.45) is 2.63. The summed E-state index contributed by atoms with van der Waals surface area (Å²) in [4.78, 5) is 32.2. The van der Waals surface area contributed by atoms with E-state index in [4.69, 9.17) is 4.74 Å². The van der Waals surface area contributed by atoms with Crippen LogP contribution in [0.4, 0.5) is 5.69 Å². The molecule has 0 saturated carbocycles. The first kappa shape index (κ1) is 21.7. The first-order valence-electron chi connectivity index (χ1n) is 10.1. The molecule has 28 heavy (non-hydrogen) atoms. The lowest BCUT2D eigenvalue weighted by molar-refractivity contribution is -0.116. The molecule has 0 radical (unpaired) electrons. The van der Waals surface area contributed by atoms with Crippen LogP contribution in [0.5, 0.6) is 5.75 Å². The average molecular weight is 386 g/mol. The fraction of sp³-hybridized carbons (Fsp3) is 0.500. The second-order valence-electron chi connectivity index (χ2n) is 7.25. The lowest BCUT2D eigenvalue weighted by atomic mass is 10.1. The monoisotopic (exact) mass is 385 g/mol. The van der Waals surface area contributed by atoms with E-state index < -0.39 is 0 Å². The zero-order valence-corrected chi connectivity index (χ0v) is 17.5. The summed E-state index contributed by atoms with van der Waals surface area (Å²) in [5.41, 5.74) is 2.70. The van der Waals surface area contributed by atoms with Crippen molar-refractivity contribution >= 4 is 11.6 Å². The van der Waals surface area contributed by atoms with Crippen molar-refractivity contribution in [1.29, 1.82) is 0 Å². The van der Waals surface area contributed by atoms with Crippen molar-refractivity contribution in [2.75, 3.05) is 11.9 Å². The van der Waals surface area contributed by atoms with Gasteiger partial charge in [-0.3, -0.25) is 9.59 Å². The summed E-state index contributed by atoms with van der Waals surface area (Å²) in [6, 6.07) is 5.44. The number of amides is 1. The number of aryl methyl sites for hydroxylation is 1. The number of ether oxygens (including phenoxy) is 1. The number of nitrogens with zero attached hydrogens (tertiary/aromatic N) is 1. The topological polar surface area (TPSA) is 84.1 Å². The van der Waals surface area contributed by atoms with Gasteiger partial charge in [-0.2, -0.15) is 0 Å². The Labute approximate surface area is 166 Å². The maximum Gasteiger partial charge on any atom is 0.254 e. The van der Waals surface area contributed by atoms with Crippen molar-refractivity contribution in [3.63, 3.8) is 0 Å². The number of H-pyrrole nitrogens is 1. The van der Waals surface area contributed by atoms with E-state index in [1.54, 1.807) is 0 Å². The van der Waals surface area contributed by atoms with E-state index in [0.717, 1.165) is 12.1 Å². The maximum absolute atomic E-state index is 12.5. The number of anilines is 1. The van der Waals surface area contributed by atoms with Crippen LogP contribution in [-0.4, -0.2) is 22.5 Å². The van der Waals surface area contributed by atoms with Crippen LogP contribution in [0.15, 0.2) is 23.0 Å². The molecule has 0 fully saturated rings. The van der Waals surface area contributed by atoms with Crippen molar-refractivity contribution in [3.8, 4) is 17.1 Å². The van der Waals surface area contributed by atoms with Crippen LogP contribution in [0.3, 0.4) is 0 Å². The van der Waals surface area contributed by atoms with Crippen LogP contribution < -0.4 is 15.6 Å². The normalized spacial score (nSPS) is 10.9. The molecule has 1 aromatic heterocycles. The van der Waals surface area contributed by atoms with Crippen molar-refractivity contribution in [2.45, 2.75) is 60.3 Å². The number of rotatable bonds is 9. The van der Waals surface area contributed by atoms with Crippen LogP contribution in [-0.2, 0) is 17.6 Å². The summed E-state index contributed by atoms with van der Waals surface area (Å²) in [7, 11) is 0. The molecule has 6 heteroatoms. The first-order chi connectivity index (χ1) is 13.4. The second-order valence-corrected chi connectivity index (χ2v) is 7.25. The van der Waals surface area contributed by atoms with E-state index in [0.29, 0.717) is 54.3 Å². The van der Waals surface area contributed by atoms with Gasteiger partial charge in [0.15, 0.2) is 0 Å². The highest BCUT2D eigenvalue weighted by atomic mass is 16.5. The molecule has 0 unspecified atom stereocenters. The highest BCUT2D eigenvalue weighted by Crippen LogP contribution is 2.31. The molecule has 2 rings (SSSR count). The molecule has 1 amide bonds. The number of nitrogens with one attached hydrogen (secondary N) is 2. The molecule has 0 aliphatic carbocycles. The van der Waals surface area contributed by atoms with Gasteiger partial charge in [0.05, 0.1) is 17.9 Å². The van der Waals surface area contributed by atoms with E-state index in [1.165, 1.54) is 0 Å². The number of carbonyl (C=O) groups excluding carboxylic acids is 1. The number of aromatic nitrogens is 2. The Kier molecular flexibility index (Phi) is 7.79. The van der Waals surface area contributed by atoms with Gasteiger partial charge in [0.25, 0.3) is 5.56 Å². The Balaban J connectivity index is 2.50. The summed E-state index contributed by atoms with van der Waals surface area (Å²) in [5, 5.41) is 2.92. The smallest absolute Gasteiger partial charge is 0.254 e. The Morgan fingerprint density at radius 3 is 2.57 bits per heavy atom. The first-order valence-corrected chi connectivity index (χ1v) is 10.1. The van der Waals surface area contributed by atoms with Gasteiger partial charge in [0.2, 0.25) is 5.91 Å². The van der Waals surface area contributed by atoms with Crippen LogP contribution in [0, 0.1) is 5.92 Å². The van der Waals surface area contributed by atoms with Gasteiger partial charge in [0, 0.05) is 17.7 Å². The second kappa shape index (κ2) is 10.1. The fourth-order valence-electron chi connectivity index (χ4n) is 3.04. The fourth-order valence-corrected chi connectivity index (χ4v) is 3.04. The molecule has 0 aliphatic heterocycles. The van der Waals surface area contributed by atoms with Gasteiger partial charge in [-0.1, -0.05) is 34.6 Å². The lowest BCUT2D eigenvalue weighted by Crippen LogP contribution is -2.18. The lowest BCUT2D eigenvalue weighted by Gasteiger charge is -2.15. The molecule has 1 aromatic carbocycles. The summed E-state index contributed by atoms with van der Waals surface area (Å²) >= 11 is 0. The van der Waals surface area contributed by atoms with Crippen LogP contribution >= 0.6 is 0 Å². The highest BCUT2D eigenvalue weighted by molar-refractivity contribution is 5.91. The van der Waals surface area contributed by atoms with Crippen molar-refractivity contribution in [2.24, 2.45) is 5.92 Å². The minimum Gasteiger partial charge on any atom is -0.493 e. The van der Waals surface area contributed by atoms with Crippen molar-refractivity contribution < 1.29 is 9.53 Å². The molecule has 2 aromatic rings. The minimum atomic E-state index is -0.125. The van der Waals surface area contributed by atoms with E-state index in [2.05, 4.69) is 15.3 Å². The molecule has 1 heterocycles. The van der Waals surface area contributed by atoms with Crippen molar-refractivity contribution in [1.82, 2.24) is 9.97 Å². The number of carbonyl (C=O) groups is 1. The predicted octanol–water partition coefficient (Wildman–Crippen LogP) is 4.34. The van der Waals surface area contributed by atoms with Gasteiger partial charge in [0.1, 0.15) is 11.6 Å². The summed E-state index contributed by atoms with van der Waals surface area (Å²) < 4.78 is 5.86. The maximum atomic E-state index is 12.5. The minimum absolute atomic E-state index is 0.0415. The summed E-state index contributed by atoms with van der Waals surface area (Å²) in [5.74, 6) is 1.34. The molecule has 152 valence electrons. The van der Waals surface area contributed by atoms with Crippen LogP contribution in [0.25, 0.3) is 11.4 Å². The third kappa shape index (κ3) is 5.44. The number of hydrogen-bond acceptors (Lipinski definition) is 4. The van der Waals surface area contributed by atoms with E-state index in [1.807, 2.05) is 52.8 Å². The molecule has 0 aliphatic rings. The van der Waals surface area contributed by atoms with Gasteiger partial charge < -0.3 is 15.0 Å². The molecular formula is C22H31N3O3. The Morgan fingerprint density at radius 2 is 1.96 bits per heavy atom. The van der Waals surface area contributed by atoms with Gasteiger partial charge in [-0.15, -0.1) is 0 Å². The molecule has 2 N–H and O–H groups in total. The zero-order chi connectivity index (χ0) is 20.7. The zero-order valence-electron chi connectivity index (χ0n) is 17.5. The van der Waals surface area contributed by atoms with E-state index >= 15 is 0 Å². The van der Waals surface area contributed by atoms with Crippen LogP contribution in [0.1, 0.15) is 58.7 Å². The third-order valence-corrected chi connectivity index (χ3v) is 4.36. The Hall–Kier alpha value is -2.63. The Bertz CT molecular complexity index is 872. The van der Waals surface area contributed by atoms with Crippen molar-refractivity contribution in [3.05, 3.63) is 39.8 Å². The largest absolute Gasteiger partial charge is 0.493 e. The quantitative estimate of drug-likeness (QED) is 0.673. The van der Waals surface area contributed by atoms with Gasteiger partial charge in [-0.25, -0.2) is 4.98 Å². The van der Waals surface area contributed by atoms with E-state index in [9.17, 15) is 9.59 Å². The van der Waals surface area contributed by atoms with Gasteiger partial charge >= 0.3 is 0 Å². The number of hydrogen-bond donors (Lipinski definition) is 2. The standard InChI is InChI=1S/C22H31N3O3/c1-6-11-28-19-10-9-15(23-20(26)12-14(4)5)13-17(19)21-24-18(8-3)16(7-2)22(27)25-21/h9-10,13-14H,6-8,11-12H2,1-5H3,(H,23,26)(H,24,25,27). The van der Waals surface area contributed by atoms with E-state index in [-0.39, 0.29) is 17.4 Å². The molecular weight excluding hydrogens is 354 g/mol. The van der Waals surface area contributed by atoms with Crippen LogP contribution in [0.2, 0.25) is 0 Å². The molecule has 0 spiro atoms. The third-order valence-electron chi connectivity index (χ3n) is 4.36. The van der Waals surface area contributed by atoms with Gasteiger partial charge in [-0.05, 0) is 43.4 Å². The molecule has 6 nitrogen and oxygen atoms in total. The number of aromatic amines is 1. The predicted molar refractivity (Wildman–Crippen MR) is 113 cm³/mol. The average Bonchev–Trinajstić information content (AvgIpc) is 2.65. The molecule has 0 atom stereocenters.